The van der Waals surface area contributed by atoms with E-state index >= 15 is 0 Å². The highest BCUT2D eigenvalue weighted by Crippen LogP contribution is 2.27. The second-order valence-electron chi connectivity index (χ2n) is 5.61. The minimum atomic E-state index is -0.630. The van der Waals surface area contributed by atoms with E-state index in [2.05, 4.69) is 16.2 Å². The van der Waals surface area contributed by atoms with Gasteiger partial charge in [0.1, 0.15) is 0 Å². The number of amides is 3. The molecule has 3 amide bonds. The Balaban J connectivity index is 1.87. The molecule has 0 atom stereocenters. The minimum Gasteiger partial charge on any atom is -0.493 e. The zero-order valence-electron chi connectivity index (χ0n) is 15.7. The van der Waals surface area contributed by atoms with Gasteiger partial charge in [-0.2, -0.15) is 0 Å². The Morgan fingerprint density at radius 1 is 0.966 bits per heavy atom. The molecule has 0 aromatic heterocycles. The van der Waals surface area contributed by atoms with Gasteiger partial charge < -0.3 is 14.8 Å². The van der Waals surface area contributed by atoms with Gasteiger partial charge in [-0.15, -0.1) is 0 Å². The number of carbonyl (C=O) groups is 3. The van der Waals surface area contributed by atoms with Crippen molar-refractivity contribution in [1.29, 1.82) is 0 Å². The summed E-state index contributed by atoms with van der Waals surface area (Å²) in [6.45, 7) is 1.91. The molecule has 0 aliphatic carbocycles. The van der Waals surface area contributed by atoms with Crippen molar-refractivity contribution in [2.24, 2.45) is 0 Å². The monoisotopic (exact) mass is 439 g/mol. The second kappa shape index (κ2) is 10.5. The van der Waals surface area contributed by atoms with Gasteiger partial charge in [-0.3, -0.25) is 25.2 Å². The summed E-state index contributed by atoms with van der Waals surface area (Å²) < 4.78 is 10.6. The van der Waals surface area contributed by atoms with Crippen LogP contribution in [0.15, 0.2) is 36.4 Å². The van der Waals surface area contributed by atoms with Crippen LogP contribution in [0.2, 0.25) is 10.0 Å². The first-order valence-electron chi connectivity index (χ1n) is 8.49. The third kappa shape index (κ3) is 6.27. The van der Waals surface area contributed by atoms with E-state index < -0.39 is 17.7 Å². The average molecular weight is 440 g/mol. The summed E-state index contributed by atoms with van der Waals surface area (Å²) in [5, 5.41) is 2.94. The van der Waals surface area contributed by atoms with Crippen molar-refractivity contribution >= 4 is 40.9 Å². The first-order valence-corrected chi connectivity index (χ1v) is 9.24. The summed E-state index contributed by atoms with van der Waals surface area (Å²) in [7, 11) is 1.46. The maximum atomic E-state index is 12.2. The van der Waals surface area contributed by atoms with Crippen molar-refractivity contribution in [3.05, 3.63) is 57.6 Å². The van der Waals surface area contributed by atoms with Gasteiger partial charge in [-0.05, 0) is 43.3 Å². The largest absolute Gasteiger partial charge is 0.493 e. The molecule has 3 N–H and O–H groups in total. The number of hydrogen-bond acceptors (Lipinski definition) is 5. The van der Waals surface area contributed by atoms with Crippen LogP contribution in [0, 0.1) is 0 Å². The summed E-state index contributed by atoms with van der Waals surface area (Å²) in [5.41, 5.74) is 4.89. The van der Waals surface area contributed by atoms with E-state index in [1.807, 2.05) is 6.92 Å². The van der Waals surface area contributed by atoms with Crippen LogP contribution >= 0.6 is 23.2 Å². The molecule has 0 aliphatic heterocycles. The summed E-state index contributed by atoms with van der Waals surface area (Å²) in [5.74, 6) is -0.858. The highest BCUT2D eigenvalue weighted by atomic mass is 35.5. The van der Waals surface area contributed by atoms with Gasteiger partial charge in [-0.1, -0.05) is 23.2 Å². The van der Waals surface area contributed by atoms with Gasteiger partial charge in [-0.25, -0.2) is 0 Å². The SMILES string of the molecule is CCOc1ccc(C(=O)NNC(=O)CNC(=O)c2ccc(Cl)cc2Cl)cc1OC. The quantitative estimate of drug-likeness (QED) is 0.574. The minimum absolute atomic E-state index is 0.160. The first kappa shape index (κ1) is 22.3. The van der Waals surface area contributed by atoms with Gasteiger partial charge in [0.15, 0.2) is 11.5 Å². The van der Waals surface area contributed by atoms with Crippen LogP contribution in [0.1, 0.15) is 27.6 Å². The fourth-order valence-corrected chi connectivity index (χ4v) is 2.75. The van der Waals surface area contributed by atoms with Crippen LogP contribution in [0.5, 0.6) is 11.5 Å². The molecule has 0 fully saturated rings. The van der Waals surface area contributed by atoms with E-state index in [9.17, 15) is 14.4 Å². The number of hydrogen-bond donors (Lipinski definition) is 3. The number of hydrazine groups is 1. The van der Waals surface area contributed by atoms with Gasteiger partial charge in [0.25, 0.3) is 17.7 Å². The maximum absolute atomic E-state index is 12.2. The molecule has 0 saturated carbocycles. The fourth-order valence-electron chi connectivity index (χ4n) is 2.26. The molecule has 0 spiro atoms. The molecule has 0 aliphatic rings. The van der Waals surface area contributed by atoms with Crippen molar-refractivity contribution in [2.45, 2.75) is 6.92 Å². The van der Waals surface area contributed by atoms with Gasteiger partial charge in [0, 0.05) is 10.6 Å². The highest BCUT2D eigenvalue weighted by Gasteiger charge is 2.14. The first-order chi connectivity index (χ1) is 13.8. The molecule has 2 rings (SSSR count). The number of nitrogens with one attached hydrogen (secondary N) is 3. The Morgan fingerprint density at radius 3 is 2.38 bits per heavy atom. The number of benzene rings is 2. The normalized spacial score (nSPS) is 10.1. The average Bonchev–Trinajstić information content (AvgIpc) is 2.70. The maximum Gasteiger partial charge on any atom is 0.269 e. The van der Waals surface area contributed by atoms with Crippen LogP contribution in [0.4, 0.5) is 0 Å². The summed E-state index contributed by atoms with van der Waals surface area (Å²) in [4.78, 5) is 36.1. The molecule has 0 bridgehead atoms. The van der Waals surface area contributed by atoms with Crippen LogP contribution < -0.4 is 25.6 Å². The van der Waals surface area contributed by atoms with Crippen LogP contribution in [0.3, 0.4) is 0 Å². The summed E-state index contributed by atoms with van der Waals surface area (Å²) in [6, 6.07) is 8.97. The third-order valence-electron chi connectivity index (χ3n) is 3.63. The van der Waals surface area contributed by atoms with E-state index in [0.29, 0.717) is 23.1 Å². The smallest absolute Gasteiger partial charge is 0.269 e. The molecule has 2 aromatic carbocycles. The highest BCUT2D eigenvalue weighted by molar-refractivity contribution is 6.36. The Morgan fingerprint density at radius 2 is 1.72 bits per heavy atom. The standard InChI is InChI=1S/C19H19Cl2N3O5/c1-3-29-15-7-4-11(8-16(15)28-2)18(26)24-23-17(25)10-22-19(27)13-6-5-12(20)9-14(13)21/h4-9H,3,10H2,1-2H3,(H,22,27)(H,23,25)(H,24,26). The molecular formula is C19H19Cl2N3O5. The number of carbonyl (C=O) groups excluding carboxylic acids is 3. The lowest BCUT2D eigenvalue weighted by atomic mass is 10.2. The zero-order valence-corrected chi connectivity index (χ0v) is 17.2. The fraction of sp³-hybridized carbons (Fsp3) is 0.211. The zero-order chi connectivity index (χ0) is 21.4. The van der Waals surface area contributed by atoms with E-state index in [1.165, 1.54) is 37.4 Å². The number of methoxy groups -OCH3 is 1. The van der Waals surface area contributed by atoms with Gasteiger partial charge in [0.05, 0.1) is 30.8 Å². The van der Waals surface area contributed by atoms with Crippen molar-refractivity contribution in [1.82, 2.24) is 16.2 Å². The molecule has 0 radical (unpaired) electrons. The summed E-state index contributed by atoms with van der Waals surface area (Å²) in [6.07, 6.45) is 0. The molecule has 0 heterocycles. The van der Waals surface area contributed by atoms with Gasteiger partial charge >= 0.3 is 0 Å². The number of ether oxygens (including phenoxy) is 2. The van der Waals surface area contributed by atoms with Crippen molar-refractivity contribution < 1.29 is 23.9 Å². The summed E-state index contributed by atoms with van der Waals surface area (Å²) >= 11 is 11.7. The Hall–Kier alpha value is -2.97. The lowest BCUT2D eigenvalue weighted by Gasteiger charge is -2.12. The van der Waals surface area contributed by atoms with Crippen molar-refractivity contribution in [3.63, 3.8) is 0 Å². The molecule has 10 heteroatoms. The Kier molecular flexibility index (Phi) is 8.11. The van der Waals surface area contributed by atoms with Crippen LogP contribution in [-0.2, 0) is 4.79 Å². The van der Waals surface area contributed by atoms with Crippen LogP contribution in [0.25, 0.3) is 0 Å². The van der Waals surface area contributed by atoms with Crippen LogP contribution in [-0.4, -0.2) is 38.0 Å². The predicted octanol–water partition coefficient (Wildman–Crippen LogP) is 2.59. The predicted molar refractivity (Wildman–Crippen MR) is 109 cm³/mol. The molecule has 2 aromatic rings. The van der Waals surface area contributed by atoms with E-state index in [4.69, 9.17) is 32.7 Å². The number of halogens is 2. The topological polar surface area (TPSA) is 106 Å². The molecule has 29 heavy (non-hydrogen) atoms. The van der Waals surface area contributed by atoms with E-state index in [0.717, 1.165) is 0 Å². The molecule has 0 unspecified atom stereocenters. The van der Waals surface area contributed by atoms with E-state index in [1.54, 1.807) is 6.07 Å². The van der Waals surface area contributed by atoms with Gasteiger partial charge in [0.2, 0.25) is 0 Å². The van der Waals surface area contributed by atoms with E-state index in [-0.39, 0.29) is 22.7 Å². The lowest BCUT2D eigenvalue weighted by molar-refractivity contribution is -0.120. The van der Waals surface area contributed by atoms with Crippen molar-refractivity contribution in [3.8, 4) is 11.5 Å². The third-order valence-corrected chi connectivity index (χ3v) is 4.17. The molecule has 154 valence electrons. The molecule has 8 nitrogen and oxygen atoms in total. The second-order valence-corrected chi connectivity index (χ2v) is 6.45. The van der Waals surface area contributed by atoms with Crippen molar-refractivity contribution in [2.75, 3.05) is 20.3 Å². The molecular weight excluding hydrogens is 421 g/mol. The Bertz CT molecular complexity index is 921. The lowest BCUT2D eigenvalue weighted by Crippen LogP contribution is -2.46. The molecule has 0 saturated heterocycles. The number of rotatable bonds is 7. The Labute approximate surface area is 177 Å².